The third-order valence-corrected chi connectivity index (χ3v) is 2.79. The first-order valence-electron chi connectivity index (χ1n) is 4.78. The molecular weight excluding hydrogens is 240 g/mol. The Morgan fingerprint density at radius 3 is 2.56 bits per heavy atom. The van der Waals surface area contributed by atoms with Gasteiger partial charge in [-0.3, -0.25) is 4.79 Å². The molecule has 1 aromatic carbocycles. The predicted molar refractivity (Wildman–Crippen MR) is 72.6 cm³/mol. The Balaban J connectivity index is 2.49. The van der Waals surface area contributed by atoms with E-state index in [1.165, 1.54) is 11.8 Å². The highest BCUT2D eigenvalue weighted by molar-refractivity contribution is 7.99. The van der Waals surface area contributed by atoms with Crippen molar-refractivity contribution >= 4 is 34.9 Å². The lowest BCUT2D eigenvalue weighted by Gasteiger charge is -2.05. The summed E-state index contributed by atoms with van der Waals surface area (Å²) in [4.78, 5) is 11.6. The average Bonchev–Trinajstić information content (AvgIpc) is 2.27. The lowest BCUT2D eigenvalue weighted by Crippen LogP contribution is -2.24. The fourth-order valence-electron chi connectivity index (χ4n) is 1.17. The second-order valence-corrected chi connectivity index (χ2v) is 4.58. The minimum absolute atomic E-state index is 0.0472. The molecule has 1 rings (SSSR count). The van der Waals surface area contributed by atoms with Crippen LogP contribution < -0.4 is 11.1 Å². The van der Waals surface area contributed by atoms with Crippen molar-refractivity contribution in [1.29, 1.82) is 0 Å². The Morgan fingerprint density at radius 1 is 1.44 bits per heavy atom. The second kappa shape index (κ2) is 6.50. The Kier molecular flexibility index (Phi) is 5.28. The quantitative estimate of drug-likeness (QED) is 0.778. The molecule has 0 aliphatic heterocycles. The van der Waals surface area contributed by atoms with E-state index in [0.29, 0.717) is 17.3 Å². The van der Waals surface area contributed by atoms with E-state index in [1.54, 1.807) is 0 Å². The van der Waals surface area contributed by atoms with Gasteiger partial charge in [0.05, 0.1) is 5.75 Å². The summed E-state index contributed by atoms with van der Waals surface area (Å²) in [6.07, 6.45) is 1.90. The summed E-state index contributed by atoms with van der Waals surface area (Å²) in [5, 5.41) is 2.82. The molecule has 0 bridgehead atoms. The Labute approximate surface area is 105 Å². The molecule has 0 aliphatic carbocycles. The van der Waals surface area contributed by atoms with Crippen molar-refractivity contribution in [1.82, 2.24) is 5.32 Å². The molecule has 0 unspecified atom stereocenters. The van der Waals surface area contributed by atoms with Crippen LogP contribution in [0.4, 0.5) is 0 Å². The van der Waals surface area contributed by atoms with Crippen molar-refractivity contribution in [2.75, 3.05) is 12.0 Å². The SMILES string of the molecule is CSCC(=O)NCc1ccc(C(N)=S)cc1. The van der Waals surface area contributed by atoms with Crippen LogP contribution in [0.1, 0.15) is 11.1 Å². The average molecular weight is 254 g/mol. The first-order valence-corrected chi connectivity index (χ1v) is 6.58. The van der Waals surface area contributed by atoms with Gasteiger partial charge in [-0.05, 0) is 11.8 Å². The summed E-state index contributed by atoms with van der Waals surface area (Å²) in [6.45, 7) is 0.539. The number of hydrogen-bond donors (Lipinski definition) is 2. The van der Waals surface area contributed by atoms with Crippen LogP contribution in [0.15, 0.2) is 24.3 Å². The van der Waals surface area contributed by atoms with Crippen LogP contribution in [-0.4, -0.2) is 22.9 Å². The van der Waals surface area contributed by atoms with Crippen molar-refractivity contribution in [2.24, 2.45) is 5.73 Å². The van der Waals surface area contributed by atoms with Gasteiger partial charge in [0.25, 0.3) is 0 Å². The van der Waals surface area contributed by atoms with E-state index in [-0.39, 0.29) is 5.91 Å². The maximum absolute atomic E-state index is 11.2. The lowest BCUT2D eigenvalue weighted by atomic mass is 10.1. The molecule has 3 nitrogen and oxygen atoms in total. The smallest absolute Gasteiger partial charge is 0.230 e. The van der Waals surface area contributed by atoms with Gasteiger partial charge >= 0.3 is 0 Å². The van der Waals surface area contributed by atoms with Crippen molar-refractivity contribution in [3.63, 3.8) is 0 Å². The van der Waals surface area contributed by atoms with E-state index in [1.807, 2.05) is 30.5 Å². The standard InChI is InChI=1S/C11H14N2OS2/c1-16-7-10(14)13-6-8-2-4-9(5-3-8)11(12)15/h2-5H,6-7H2,1H3,(H2,12,15)(H,13,14). The van der Waals surface area contributed by atoms with Crippen molar-refractivity contribution < 1.29 is 4.79 Å². The number of rotatable bonds is 5. The lowest BCUT2D eigenvalue weighted by molar-refractivity contribution is -0.118. The monoisotopic (exact) mass is 254 g/mol. The number of thiocarbonyl (C=S) groups is 1. The highest BCUT2D eigenvalue weighted by Crippen LogP contribution is 2.04. The number of benzene rings is 1. The zero-order chi connectivity index (χ0) is 12.0. The molecule has 0 atom stereocenters. The number of carbonyl (C=O) groups excluding carboxylic acids is 1. The van der Waals surface area contributed by atoms with Crippen molar-refractivity contribution in [2.45, 2.75) is 6.54 Å². The van der Waals surface area contributed by atoms with Crippen LogP contribution in [0.25, 0.3) is 0 Å². The van der Waals surface area contributed by atoms with Gasteiger partial charge in [0.1, 0.15) is 4.99 Å². The van der Waals surface area contributed by atoms with E-state index >= 15 is 0 Å². The predicted octanol–water partition coefficient (Wildman–Crippen LogP) is 1.30. The van der Waals surface area contributed by atoms with E-state index in [4.69, 9.17) is 18.0 Å². The molecule has 0 fully saturated rings. The maximum Gasteiger partial charge on any atom is 0.230 e. The molecule has 16 heavy (non-hydrogen) atoms. The number of amides is 1. The molecule has 3 N–H and O–H groups in total. The van der Waals surface area contributed by atoms with Gasteiger partial charge in [0, 0.05) is 12.1 Å². The molecule has 1 amide bonds. The fraction of sp³-hybridized carbons (Fsp3) is 0.273. The van der Waals surface area contributed by atoms with Crippen LogP contribution in [0, 0.1) is 0 Å². The number of thioether (sulfide) groups is 1. The highest BCUT2D eigenvalue weighted by atomic mass is 32.2. The van der Waals surface area contributed by atoms with E-state index < -0.39 is 0 Å². The summed E-state index contributed by atoms with van der Waals surface area (Å²) in [5.74, 6) is 0.538. The molecule has 0 aliphatic rings. The molecule has 86 valence electrons. The normalized spacial score (nSPS) is 9.81. The van der Waals surface area contributed by atoms with Gasteiger partial charge in [0.15, 0.2) is 0 Å². The van der Waals surface area contributed by atoms with Crippen molar-refractivity contribution in [3.8, 4) is 0 Å². The van der Waals surface area contributed by atoms with Crippen molar-refractivity contribution in [3.05, 3.63) is 35.4 Å². The van der Waals surface area contributed by atoms with Gasteiger partial charge in [-0.25, -0.2) is 0 Å². The summed E-state index contributed by atoms with van der Waals surface area (Å²) in [5.41, 5.74) is 7.36. The molecule has 0 heterocycles. The first kappa shape index (κ1) is 13.0. The van der Waals surface area contributed by atoms with Gasteiger partial charge < -0.3 is 11.1 Å². The van der Waals surface area contributed by atoms with Crippen LogP contribution in [0.5, 0.6) is 0 Å². The van der Waals surface area contributed by atoms with Crippen LogP contribution in [-0.2, 0) is 11.3 Å². The summed E-state index contributed by atoms with van der Waals surface area (Å²) >= 11 is 6.36. The second-order valence-electron chi connectivity index (χ2n) is 3.27. The van der Waals surface area contributed by atoms with E-state index in [9.17, 15) is 4.79 Å². The van der Waals surface area contributed by atoms with Crippen LogP contribution in [0.3, 0.4) is 0 Å². The molecule has 0 spiro atoms. The van der Waals surface area contributed by atoms with Gasteiger partial charge in [-0.1, -0.05) is 36.5 Å². The van der Waals surface area contributed by atoms with Gasteiger partial charge in [-0.15, -0.1) is 0 Å². The van der Waals surface area contributed by atoms with Gasteiger partial charge in [-0.2, -0.15) is 11.8 Å². The zero-order valence-corrected chi connectivity index (χ0v) is 10.7. The Hall–Kier alpha value is -1.07. The molecule has 5 heteroatoms. The van der Waals surface area contributed by atoms with Gasteiger partial charge in [0.2, 0.25) is 5.91 Å². The third kappa shape index (κ3) is 4.20. The molecule has 0 radical (unpaired) electrons. The summed E-state index contributed by atoms with van der Waals surface area (Å²) < 4.78 is 0. The summed E-state index contributed by atoms with van der Waals surface area (Å²) in [7, 11) is 0. The number of carbonyl (C=O) groups is 1. The highest BCUT2D eigenvalue weighted by Gasteiger charge is 2.00. The van der Waals surface area contributed by atoms with Crippen LogP contribution >= 0.6 is 24.0 Å². The van der Waals surface area contributed by atoms with E-state index in [0.717, 1.165) is 11.1 Å². The summed E-state index contributed by atoms with van der Waals surface area (Å²) in [6, 6.07) is 7.54. The minimum Gasteiger partial charge on any atom is -0.389 e. The Bertz CT molecular complexity index is 376. The molecule has 0 saturated carbocycles. The third-order valence-electron chi connectivity index (χ3n) is 2.00. The van der Waals surface area contributed by atoms with E-state index in [2.05, 4.69) is 5.32 Å². The molecule has 0 saturated heterocycles. The zero-order valence-electron chi connectivity index (χ0n) is 9.03. The fourth-order valence-corrected chi connectivity index (χ4v) is 1.67. The minimum atomic E-state index is 0.0472. The van der Waals surface area contributed by atoms with Crippen LogP contribution in [0.2, 0.25) is 0 Å². The Morgan fingerprint density at radius 2 is 2.06 bits per heavy atom. The molecule has 0 aromatic heterocycles. The first-order chi connectivity index (χ1) is 7.63. The molecule has 1 aromatic rings. The number of nitrogens with two attached hydrogens (primary N) is 1. The number of nitrogens with one attached hydrogen (secondary N) is 1. The molecular formula is C11H14N2OS2. The maximum atomic E-state index is 11.2. The largest absolute Gasteiger partial charge is 0.389 e. The topological polar surface area (TPSA) is 55.1 Å². The number of hydrogen-bond acceptors (Lipinski definition) is 3.